The average molecular weight is 441 g/mol. The Hall–Kier alpha value is -2.02. The van der Waals surface area contributed by atoms with Crippen molar-refractivity contribution in [1.29, 1.82) is 0 Å². The summed E-state index contributed by atoms with van der Waals surface area (Å²) in [6.07, 6.45) is 0. The van der Waals surface area contributed by atoms with E-state index in [4.69, 9.17) is 0 Å². The summed E-state index contributed by atoms with van der Waals surface area (Å²) in [4.78, 5) is 17.3. The van der Waals surface area contributed by atoms with Crippen LogP contribution in [0.2, 0.25) is 0 Å². The third kappa shape index (κ3) is 3.97. The molecule has 166 valence electrons. The van der Waals surface area contributed by atoms with Gasteiger partial charge in [0.15, 0.2) is 5.25 Å². The van der Waals surface area contributed by atoms with E-state index in [2.05, 4.69) is 43.0 Å². The molecular weight excluding hydrogens is 408 g/mol. The van der Waals surface area contributed by atoms with Gasteiger partial charge in [0, 0.05) is 26.2 Å². The summed E-state index contributed by atoms with van der Waals surface area (Å²) in [5, 5.41) is -0.557. The van der Waals surface area contributed by atoms with Crippen molar-refractivity contribution in [3.8, 4) is 0 Å². The fourth-order valence-electron chi connectivity index (χ4n) is 4.80. The van der Waals surface area contributed by atoms with Crippen LogP contribution in [0.25, 0.3) is 0 Å². The molecule has 31 heavy (non-hydrogen) atoms. The van der Waals surface area contributed by atoms with E-state index < -0.39 is 20.2 Å². The van der Waals surface area contributed by atoms with Crippen LogP contribution in [-0.2, 0) is 32.3 Å². The summed E-state index contributed by atoms with van der Waals surface area (Å²) in [5.74, 6) is 0.189. The van der Waals surface area contributed by atoms with Gasteiger partial charge in [-0.2, -0.15) is 0 Å². The Morgan fingerprint density at radius 2 is 1.61 bits per heavy atom. The Kier molecular flexibility index (Phi) is 5.83. The quantitative estimate of drug-likeness (QED) is 0.663. The van der Waals surface area contributed by atoms with Crippen LogP contribution in [0.5, 0.6) is 0 Å². The van der Waals surface area contributed by atoms with Gasteiger partial charge in [-0.05, 0) is 36.5 Å². The first-order valence-corrected chi connectivity index (χ1v) is 12.6. The maximum absolute atomic E-state index is 13.4. The number of carbonyl (C=O) groups excluding carboxylic acids is 1. The number of likely N-dealkylation sites (tertiary alicyclic amines) is 1. The average Bonchev–Trinajstić information content (AvgIpc) is 3.16. The maximum atomic E-state index is 13.4. The fraction of sp³-hybridized carbons (Fsp3) is 0.480. The normalized spacial score (nSPS) is 28.2. The van der Waals surface area contributed by atoms with Gasteiger partial charge in [0.25, 0.3) is 5.91 Å². The summed E-state index contributed by atoms with van der Waals surface area (Å²) in [6.45, 7) is 9.63. The van der Waals surface area contributed by atoms with Crippen LogP contribution < -0.4 is 0 Å². The van der Waals surface area contributed by atoms with Gasteiger partial charge in [0.1, 0.15) is 0 Å². The molecule has 0 aliphatic carbocycles. The minimum Gasteiger partial charge on any atom is -0.614 e. The molecule has 0 bridgehead atoms. The Bertz CT molecular complexity index is 988. The van der Waals surface area contributed by atoms with Crippen molar-refractivity contribution in [2.24, 2.45) is 0 Å². The lowest BCUT2D eigenvalue weighted by molar-refractivity contribution is -0.137. The van der Waals surface area contributed by atoms with Crippen molar-refractivity contribution in [3.05, 3.63) is 71.3 Å². The van der Waals surface area contributed by atoms with Crippen molar-refractivity contribution in [2.45, 2.75) is 62.7 Å². The van der Waals surface area contributed by atoms with Crippen LogP contribution in [0.1, 0.15) is 50.3 Å². The molecule has 2 heterocycles. The monoisotopic (exact) mass is 440 g/mol. The molecule has 4 rings (SSSR count). The van der Waals surface area contributed by atoms with Gasteiger partial charge in [0.2, 0.25) is 4.75 Å². The molecular formula is C25H32N2O3S. The highest BCUT2D eigenvalue weighted by Crippen LogP contribution is 2.41. The molecule has 2 aromatic rings. The molecule has 2 aliphatic heterocycles. The van der Waals surface area contributed by atoms with E-state index >= 15 is 0 Å². The van der Waals surface area contributed by atoms with E-state index in [1.807, 2.05) is 35.2 Å². The summed E-state index contributed by atoms with van der Waals surface area (Å²) < 4.78 is 25.3. The molecule has 0 aromatic heterocycles. The molecule has 2 aromatic carbocycles. The van der Waals surface area contributed by atoms with Crippen molar-refractivity contribution < 1.29 is 13.6 Å². The second-order valence-electron chi connectivity index (χ2n) is 9.67. The molecule has 2 fully saturated rings. The predicted octanol–water partition coefficient (Wildman–Crippen LogP) is 3.81. The first-order valence-electron chi connectivity index (χ1n) is 11.0. The van der Waals surface area contributed by atoms with E-state index in [0.717, 1.165) is 5.56 Å². The number of sulfone groups is 1. The number of nitrogens with zero attached hydrogens (tertiary/aromatic N) is 2. The standard InChI is InChI=1S/C25H32N2O3S/c1-18(2)21-12-10-20(11-13-21)14-26-16-22-23(17-26)31(29,30)25(3,4)24(28)27(22)15-19-8-6-5-7-9-19/h5-13,18,22-23H,14-17H2,1-4H3/t22-,23-/m0/s1. The zero-order valence-electron chi connectivity index (χ0n) is 18.8. The highest BCUT2D eigenvalue weighted by atomic mass is 32.3. The van der Waals surface area contributed by atoms with Gasteiger partial charge < -0.3 is 9.45 Å². The van der Waals surface area contributed by atoms with E-state index in [-0.39, 0.29) is 11.9 Å². The van der Waals surface area contributed by atoms with Crippen molar-refractivity contribution in [3.63, 3.8) is 0 Å². The molecule has 5 nitrogen and oxygen atoms in total. The van der Waals surface area contributed by atoms with Gasteiger partial charge in [-0.15, -0.1) is 4.21 Å². The number of hydrogen-bond acceptors (Lipinski definition) is 4. The molecule has 1 amide bonds. The minimum atomic E-state index is -3.59. The molecule has 3 atom stereocenters. The first-order chi connectivity index (χ1) is 14.6. The van der Waals surface area contributed by atoms with E-state index in [1.54, 1.807) is 13.8 Å². The van der Waals surface area contributed by atoms with Crippen molar-refractivity contribution in [2.75, 3.05) is 13.1 Å². The lowest BCUT2D eigenvalue weighted by Crippen LogP contribution is -2.67. The van der Waals surface area contributed by atoms with Gasteiger partial charge in [0.05, 0.1) is 16.3 Å². The number of hydrogen-bond donors (Lipinski definition) is 0. The first kappa shape index (κ1) is 22.2. The second-order valence-corrected chi connectivity index (χ2v) is 12.4. The van der Waals surface area contributed by atoms with Crippen LogP contribution in [-0.4, -0.2) is 49.4 Å². The lowest BCUT2D eigenvalue weighted by Gasteiger charge is -2.47. The summed E-state index contributed by atoms with van der Waals surface area (Å²) in [6, 6.07) is 18.0. The Morgan fingerprint density at radius 1 is 1.00 bits per heavy atom. The van der Waals surface area contributed by atoms with Crippen LogP contribution >= 0.6 is 0 Å². The summed E-state index contributed by atoms with van der Waals surface area (Å²) in [5.41, 5.74) is 3.48. The molecule has 0 saturated carbocycles. The predicted molar refractivity (Wildman–Crippen MR) is 123 cm³/mol. The highest BCUT2D eigenvalue weighted by molar-refractivity contribution is 8.00. The summed E-state index contributed by atoms with van der Waals surface area (Å²) >= 11 is 0. The van der Waals surface area contributed by atoms with Crippen LogP contribution in [0.3, 0.4) is 0 Å². The largest absolute Gasteiger partial charge is 0.614 e. The number of fused-ring (bicyclic) bond motifs is 1. The SMILES string of the molecule is CC(C)c1ccc(CN2C[C@H]3[C@H](C2)[S+](=O)([O-])C(C)(C)C(=O)N3Cc2ccccc2)cc1. The van der Waals surface area contributed by atoms with Crippen LogP contribution in [0, 0.1) is 0 Å². The number of amides is 1. The maximum Gasteiger partial charge on any atom is 0.278 e. The van der Waals surface area contributed by atoms with Crippen LogP contribution in [0.15, 0.2) is 54.6 Å². The zero-order valence-corrected chi connectivity index (χ0v) is 19.6. The van der Waals surface area contributed by atoms with Crippen molar-refractivity contribution >= 4 is 16.1 Å². The Morgan fingerprint density at radius 3 is 2.23 bits per heavy atom. The molecule has 2 saturated heterocycles. The van der Waals surface area contributed by atoms with Gasteiger partial charge in [-0.3, -0.25) is 9.69 Å². The minimum absolute atomic E-state index is 0.291. The third-order valence-electron chi connectivity index (χ3n) is 6.85. The number of carbonyl (C=O) groups is 1. The zero-order chi connectivity index (χ0) is 22.4. The van der Waals surface area contributed by atoms with Crippen molar-refractivity contribution in [1.82, 2.24) is 9.80 Å². The van der Waals surface area contributed by atoms with E-state index in [0.29, 0.717) is 32.1 Å². The molecule has 0 N–H and O–H groups in total. The molecule has 0 radical (unpaired) electrons. The highest BCUT2D eigenvalue weighted by Gasteiger charge is 2.63. The molecule has 1 unspecified atom stereocenters. The fourth-order valence-corrected chi connectivity index (χ4v) is 6.97. The Labute approximate surface area is 186 Å². The third-order valence-corrected chi connectivity index (χ3v) is 9.70. The van der Waals surface area contributed by atoms with E-state index in [9.17, 15) is 13.6 Å². The number of rotatable bonds is 5. The van der Waals surface area contributed by atoms with Crippen LogP contribution in [0.4, 0.5) is 0 Å². The number of benzene rings is 2. The van der Waals surface area contributed by atoms with E-state index in [1.165, 1.54) is 11.1 Å². The Balaban J connectivity index is 1.59. The topological polar surface area (TPSA) is 63.7 Å². The van der Waals surface area contributed by atoms with Gasteiger partial charge in [-0.1, -0.05) is 68.4 Å². The smallest absolute Gasteiger partial charge is 0.278 e. The molecule has 2 aliphatic rings. The lowest BCUT2D eigenvalue weighted by atomic mass is 10.0. The summed E-state index contributed by atoms with van der Waals surface area (Å²) in [7, 11) is -3.59. The van der Waals surface area contributed by atoms with Gasteiger partial charge in [-0.25, -0.2) is 0 Å². The van der Waals surface area contributed by atoms with Gasteiger partial charge >= 0.3 is 0 Å². The molecule has 6 heteroatoms. The second kappa shape index (κ2) is 8.15. The molecule has 0 spiro atoms.